The highest BCUT2D eigenvalue weighted by Gasteiger charge is 2.31. The topological polar surface area (TPSA) is 88.9 Å². The lowest BCUT2D eigenvalue weighted by Crippen LogP contribution is -2.37. The molecule has 1 fully saturated rings. The minimum atomic E-state index is -4.10. The van der Waals surface area contributed by atoms with Gasteiger partial charge in [-0.3, -0.25) is 4.79 Å². The molecule has 34 heavy (non-hydrogen) atoms. The van der Waals surface area contributed by atoms with Crippen molar-refractivity contribution in [3.8, 4) is 0 Å². The molecule has 2 heterocycles. The highest BCUT2D eigenvalue weighted by molar-refractivity contribution is 7.89. The van der Waals surface area contributed by atoms with Crippen molar-refractivity contribution in [1.29, 1.82) is 0 Å². The Morgan fingerprint density at radius 1 is 1.24 bits per heavy atom. The van der Waals surface area contributed by atoms with Gasteiger partial charge in [-0.2, -0.15) is 4.31 Å². The van der Waals surface area contributed by atoms with Crippen molar-refractivity contribution in [2.24, 2.45) is 0 Å². The van der Waals surface area contributed by atoms with Gasteiger partial charge in [-0.05, 0) is 67.8 Å². The zero-order valence-corrected chi connectivity index (χ0v) is 20.0. The van der Waals surface area contributed by atoms with Crippen molar-refractivity contribution in [3.63, 3.8) is 0 Å². The Bertz CT molecular complexity index is 1270. The highest BCUT2D eigenvalue weighted by atomic mass is 35.5. The molecule has 0 saturated carbocycles. The van der Waals surface area contributed by atoms with E-state index in [9.17, 15) is 17.6 Å². The number of sulfonamides is 1. The van der Waals surface area contributed by atoms with Crippen LogP contribution in [0.4, 0.5) is 10.1 Å². The zero-order valence-electron chi connectivity index (χ0n) is 18.5. The molecular weight excluding hydrogens is 483 g/mol. The summed E-state index contributed by atoms with van der Waals surface area (Å²) in [6, 6.07) is 11.4. The van der Waals surface area contributed by atoms with E-state index in [-0.39, 0.29) is 24.1 Å². The molecule has 2 aromatic carbocycles. The molecule has 0 spiro atoms. The lowest BCUT2D eigenvalue weighted by atomic mass is 10.2. The number of furan rings is 1. The Hall–Kier alpha value is -2.72. The molecule has 7 nitrogen and oxygen atoms in total. The summed E-state index contributed by atoms with van der Waals surface area (Å²) >= 11 is 6.09. The fourth-order valence-electron chi connectivity index (χ4n) is 3.70. The molecule has 1 aliphatic rings. The Morgan fingerprint density at radius 2 is 2.06 bits per heavy atom. The van der Waals surface area contributed by atoms with Gasteiger partial charge in [0.25, 0.3) is 5.91 Å². The quantitative estimate of drug-likeness (QED) is 0.464. The molecule has 3 aromatic rings. The van der Waals surface area contributed by atoms with Crippen molar-refractivity contribution >= 4 is 33.2 Å². The Kier molecular flexibility index (Phi) is 7.37. The second kappa shape index (κ2) is 10.3. The third-order valence-corrected chi connectivity index (χ3v) is 7.81. The van der Waals surface area contributed by atoms with Crippen molar-refractivity contribution in [2.75, 3.05) is 18.5 Å². The fraction of sp³-hybridized carbons (Fsp3) is 0.292. The molecule has 10 heteroatoms. The summed E-state index contributed by atoms with van der Waals surface area (Å²) in [6.07, 6.45) is 2.80. The number of hydrogen-bond acceptors (Lipinski definition) is 5. The number of aryl methyl sites for hydroxylation is 1. The van der Waals surface area contributed by atoms with Crippen molar-refractivity contribution in [3.05, 3.63) is 82.5 Å². The maximum Gasteiger partial charge on any atom is 0.258 e. The summed E-state index contributed by atoms with van der Waals surface area (Å²) in [5.41, 5.74) is 0.792. The van der Waals surface area contributed by atoms with Gasteiger partial charge in [0.05, 0.1) is 29.4 Å². The average molecular weight is 507 g/mol. The molecule has 1 aromatic heterocycles. The predicted molar refractivity (Wildman–Crippen MR) is 126 cm³/mol. The first-order chi connectivity index (χ1) is 16.2. The number of nitrogens with zero attached hydrogens (tertiary/aromatic N) is 1. The SMILES string of the molecule is Cc1ccc(NC(=O)c2cc(S(=O)(=O)N(Cc3ccco3)C[C@H]3CCCO3)ccc2F)cc1Cl. The van der Waals surface area contributed by atoms with E-state index >= 15 is 0 Å². The second-order valence-corrected chi connectivity index (χ2v) is 10.4. The molecule has 0 bridgehead atoms. The normalized spacial score (nSPS) is 16.2. The van der Waals surface area contributed by atoms with E-state index < -0.39 is 27.3 Å². The molecule has 0 unspecified atom stereocenters. The number of rotatable bonds is 8. The molecular formula is C24H24ClFN2O5S. The number of halogens is 2. The largest absolute Gasteiger partial charge is 0.468 e. The van der Waals surface area contributed by atoms with Crippen LogP contribution in [0.2, 0.25) is 5.02 Å². The summed E-state index contributed by atoms with van der Waals surface area (Å²) in [6.45, 7) is 2.48. The van der Waals surface area contributed by atoms with Crippen LogP contribution in [-0.2, 0) is 21.3 Å². The van der Waals surface area contributed by atoms with E-state index in [0.717, 1.165) is 36.6 Å². The molecule has 0 aliphatic carbocycles. The second-order valence-electron chi connectivity index (χ2n) is 8.07. The first-order valence-electron chi connectivity index (χ1n) is 10.8. The Morgan fingerprint density at radius 3 is 2.74 bits per heavy atom. The third-order valence-electron chi connectivity index (χ3n) is 5.59. The van der Waals surface area contributed by atoms with Gasteiger partial charge in [-0.25, -0.2) is 12.8 Å². The Balaban J connectivity index is 1.62. The fourth-order valence-corrected chi connectivity index (χ4v) is 5.34. The highest BCUT2D eigenvalue weighted by Crippen LogP contribution is 2.25. The summed E-state index contributed by atoms with van der Waals surface area (Å²) in [4.78, 5) is 12.6. The maximum absolute atomic E-state index is 14.6. The molecule has 1 amide bonds. The molecule has 1 atom stereocenters. The minimum Gasteiger partial charge on any atom is -0.468 e. The maximum atomic E-state index is 14.6. The number of nitrogens with one attached hydrogen (secondary N) is 1. The number of carbonyl (C=O) groups is 1. The average Bonchev–Trinajstić information content (AvgIpc) is 3.50. The molecule has 0 radical (unpaired) electrons. The monoisotopic (exact) mass is 506 g/mol. The van der Waals surface area contributed by atoms with Crippen LogP contribution in [0.25, 0.3) is 0 Å². The van der Waals surface area contributed by atoms with Crippen LogP contribution in [0.1, 0.15) is 34.5 Å². The number of hydrogen-bond donors (Lipinski definition) is 1. The number of anilines is 1. The van der Waals surface area contributed by atoms with Crippen LogP contribution in [0.5, 0.6) is 0 Å². The van der Waals surface area contributed by atoms with E-state index in [2.05, 4.69) is 5.32 Å². The third kappa shape index (κ3) is 5.50. The van der Waals surface area contributed by atoms with E-state index in [1.807, 2.05) is 6.92 Å². The number of ether oxygens (including phenoxy) is 1. The molecule has 1 saturated heterocycles. The molecule has 4 rings (SSSR count). The summed E-state index contributed by atoms with van der Waals surface area (Å²) in [5, 5.41) is 3.01. The van der Waals surface area contributed by atoms with Crippen LogP contribution < -0.4 is 5.32 Å². The van der Waals surface area contributed by atoms with E-state index in [0.29, 0.717) is 23.1 Å². The summed E-state index contributed by atoms with van der Waals surface area (Å²) in [7, 11) is -4.10. The van der Waals surface area contributed by atoms with Crippen molar-refractivity contribution in [2.45, 2.75) is 37.3 Å². The number of benzene rings is 2. The van der Waals surface area contributed by atoms with Gasteiger partial charge >= 0.3 is 0 Å². The van der Waals surface area contributed by atoms with Gasteiger partial charge in [0.15, 0.2) is 0 Å². The standard InChI is InChI=1S/C24H24ClFN2O5S/c1-16-6-7-17(12-22(16)25)27-24(29)21-13-20(8-9-23(21)26)34(30,31)28(14-18-4-2-10-32-18)15-19-5-3-11-33-19/h2,4,6-10,12-13,19H,3,5,11,14-15H2,1H3,(H,27,29)/t19-/m1/s1. The smallest absolute Gasteiger partial charge is 0.258 e. The van der Waals surface area contributed by atoms with Crippen LogP contribution >= 0.6 is 11.6 Å². The van der Waals surface area contributed by atoms with Gasteiger partial charge in [0, 0.05) is 23.9 Å². The zero-order chi connectivity index (χ0) is 24.3. The van der Waals surface area contributed by atoms with E-state index in [1.165, 1.54) is 10.6 Å². The summed E-state index contributed by atoms with van der Waals surface area (Å²) < 4.78 is 53.8. The van der Waals surface area contributed by atoms with Gasteiger partial charge in [0.2, 0.25) is 10.0 Å². The van der Waals surface area contributed by atoms with E-state index in [1.54, 1.807) is 30.3 Å². The first kappa shape index (κ1) is 24.4. The molecule has 1 aliphatic heterocycles. The van der Waals surface area contributed by atoms with Crippen LogP contribution in [0, 0.1) is 12.7 Å². The van der Waals surface area contributed by atoms with Crippen LogP contribution in [0.15, 0.2) is 64.1 Å². The Labute approximate surface area is 202 Å². The van der Waals surface area contributed by atoms with Gasteiger partial charge in [0.1, 0.15) is 11.6 Å². The lowest BCUT2D eigenvalue weighted by molar-refractivity contribution is 0.0914. The van der Waals surface area contributed by atoms with Gasteiger partial charge in [-0.1, -0.05) is 17.7 Å². The van der Waals surface area contributed by atoms with Crippen LogP contribution in [0.3, 0.4) is 0 Å². The van der Waals surface area contributed by atoms with Crippen molar-refractivity contribution in [1.82, 2.24) is 4.31 Å². The number of carbonyl (C=O) groups excluding carboxylic acids is 1. The number of amides is 1. The van der Waals surface area contributed by atoms with Crippen molar-refractivity contribution < 1.29 is 26.8 Å². The van der Waals surface area contributed by atoms with Crippen LogP contribution in [-0.4, -0.2) is 37.9 Å². The van der Waals surface area contributed by atoms with E-state index in [4.69, 9.17) is 20.8 Å². The predicted octanol–water partition coefficient (Wildman–Crippen LogP) is 5.00. The molecule has 1 N–H and O–H groups in total. The minimum absolute atomic E-state index is 0.0179. The molecule has 180 valence electrons. The summed E-state index contributed by atoms with van der Waals surface area (Å²) in [5.74, 6) is -1.17. The van der Waals surface area contributed by atoms with Gasteiger partial charge < -0.3 is 14.5 Å². The lowest BCUT2D eigenvalue weighted by Gasteiger charge is -2.24. The van der Waals surface area contributed by atoms with Gasteiger partial charge in [-0.15, -0.1) is 0 Å². The first-order valence-corrected chi connectivity index (χ1v) is 12.6.